The second-order valence-electron chi connectivity index (χ2n) is 11.2. The van der Waals surface area contributed by atoms with E-state index in [1.807, 2.05) is 37.8 Å². The van der Waals surface area contributed by atoms with E-state index in [0.29, 0.717) is 28.2 Å². The summed E-state index contributed by atoms with van der Waals surface area (Å²) in [5, 5.41) is 3.34. The van der Waals surface area contributed by atoms with Gasteiger partial charge in [-0.2, -0.15) is 4.98 Å². The summed E-state index contributed by atoms with van der Waals surface area (Å²) >= 11 is 6.14. The van der Waals surface area contributed by atoms with E-state index in [1.165, 1.54) is 41.4 Å². The van der Waals surface area contributed by atoms with Gasteiger partial charge in [-0.15, -0.1) is 0 Å². The SMILES string of the molecule is Cc1cc(C)c(OC(=O)N(Cc2cc(Cl)ccc2F)c2ccnc(Nc3ccc(N4CCN(C)C(C)C4)c(F)c3)n2)c(C)c1. The molecule has 2 heterocycles. The molecule has 1 aromatic heterocycles. The van der Waals surface area contributed by atoms with Gasteiger partial charge in [0.1, 0.15) is 23.2 Å². The Bertz CT molecular complexity index is 1660. The first kappa shape index (κ1) is 31.2. The number of hydrogen-bond donors (Lipinski definition) is 1. The summed E-state index contributed by atoms with van der Waals surface area (Å²) in [5.74, 6) is -0.219. The Hall–Kier alpha value is -4.28. The molecular formula is C33H35ClF2N6O2. The monoisotopic (exact) mass is 620 g/mol. The number of nitrogens with zero attached hydrogens (tertiary/aromatic N) is 5. The van der Waals surface area contributed by atoms with Crippen LogP contribution in [0.5, 0.6) is 5.75 Å². The van der Waals surface area contributed by atoms with Crippen molar-refractivity contribution in [3.63, 3.8) is 0 Å². The maximum atomic E-state index is 15.2. The molecule has 1 unspecified atom stereocenters. The number of carbonyl (C=O) groups is 1. The summed E-state index contributed by atoms with van der Waals surface area (Å²) in [7, 11) is 2.07. The second kappa shape index (κ2) is 13.2. The Labute approximate surface area is 261 Å². The lowest BCUT2D eigenvalue weighted by molar-refractivity contribution is 0.206. The van der Waals surface area contributed by atoms with Gasteiger partial charge in [-0.05, 0) is 88.3 Å². The van der Waals surface area contributed by atoms with Crippen molar-refractivity contribution in [3.05, 3.63) is 99.7 Å². The van der Waals surface area contributed by atoms with E-state index in [4.69, 9.17) is 16.3 Å². The molecule has 1 fully saturated rings. The minimum absolute atomic E-state index is 0.120. The van der Waals surface area contributed by atoms with E-state index in [-0.39, 0.29) is 29.7 Å². The number of rotatable bonds is 7. The highest BCUT2D eigenvalue weighted by Gasteiger charge is 2.25. The molecule has 230 valence electrons. The van der Waals surface area contributed by atoms with Gasteiger partial charge in [0, 0.05) is 48.1 Å². The summed E-state index contributed by atoms with van der Waals surface area (Å²) in [5.41, 5.74) is 3.75. The average molecular weight is 621 g/mol. The van der Waals surface area contributed by atoms with Gasteiger partial charge in [0.2, 0.25) is 5.95 Å². The van der Waals surface area contributed by atoms with E-state index >= 15 is 4.39 Å². The van der Waals surface area contributed by atoms with Gasteiger partial charge in [0.15, 0.2) is 0 Å². The van der Waals surface area contributed by atoms with Gasteiger partial charge in [0.25, 0.3) is 0 Å². The van der Waals surface area contributed by atoms with Crippen molar-refractivity contribution in [3.8, 4) is 5.75 Å². The Morgan fingerprint density at radius 3 is 2.50 bits per heavy atom. The van der Waals surface area contributed by atoms with Crippen molar-refractivity contribution in [1.29, 1.82) is 0 Å². The minimum atomic E-state index is -0.763. The molecule has 8 nitrogen and oxygen atoms in total. The van der Waals surface area contributed by atoms with Crippen molar-refractivity contribution in [2.24, 2.45) is 0 Å². The van der Waals surface area contributed by atoms with E-state index < -0.39 is 11.9 Å². The third kappa shape index (κ3) is 7.09. The summed E-state index contributed by atoms with van der Waals surface area (Å²) in [6.45, 7) is 9.88. The van der Waals surface area contributed by atoms with Crippen LogP contribution in [-0.2, 0) is 6.54 Å². The Morgan fingerprint density at radius 1 is 1.05 bits per heavy atom. The molecule has 1 amide bonds. The fourth-order valence-corrected chi connectivity index (χ4v) is 5.54. The van der Waals surface area contributed by atoms with Crippen LogP contribution in [0.3, 0.4) is 0 Å². The number of benzene rings is 3. The molecular weight excluding hydrogens is 586 g/mol. The first-order chi connectivity index (χ1) is 21.0. The molecule has 1 atom stereocenters. The first-order valence-corrected chi connectivity index (χ1v) is 14.7. The maximum absolute atomic E-state index is 15.2. The van der Waals surface area contributed by atoms with Crippen molar-refractivity contribution >= 4 is 40.8 Å². The van der Waals surface area contributed by atoms with Gasteiger partial charge in [0.05, 0.1) is 12.2 Å². The molecule has 1 aliphatic heterocycles. The van der Waals surface area contributed by atoms with Gasteiger partial charge in [-0.3, -0.25) is 4.90 Å². The number of carbonyl (C=O) groups excluding carboxylic acids is 1. The number of halogens is 3. The lowest BCUT2D eigenvalue weighted by atomic mass is 10.1. The predicted molar refractivity (Wildman–Crippen MR) is 170 cm³/mol. The molecule has 1 saturated heterocycles. The number of aromatic nitrogens is 2. The van der Waals surface area contributed by atoms with Crippen LogP contribution in [0.4, 0.5) is 36.7 Å². The highest BCUT2D eigenvalue weighted by molar-refractivity contribution is 6.30. The standard InChI is InChI=1S/C33H35ClF2N6O2/c1-20-14-21(2)31(22(3)15-20)44-33(43)42(19-24-16-25(34)6-8-27(24)35)30-10-11-37-32(39-30)38-26-7-9-29(28(36)17-26)41-13-12-40(5)23(4)18-41/h6-11,14-17,23H,12-13,18-19H2,1-5H3,(H,37,38,39). The molecule has 5 rings (SSSR count). The van der Waals surface area contributed by atoms with Gasteiger partial charge >= 0.3 is 6.09 Å². The number of aryl methyl sites for hydroxylation is 3. The third-order valence-corrected chi connectivity index (χ3v) is 8.01. The van der Waals surface area contributed by atoms with Crippen molar-refractivity contribution in [2.75, 3.05) is 41.8 Å². The lowest BCUT2D eigenvalue weighted by Gasteiger charge is -2.39. The highest BCUT2D eigenvalue weighted by atomic mass is 35.5. The highest BCUT2D eigenvalue weighted by Crippen LogP contribution is 2.29. The molecule has 0 radical (unpaired) electrons. The molecule has 0 aliphatic carbocycles. The molecule has 0 saturated carbocycles. The number of anilines is 4. The molecule has 1 N–H and O–H groups in total. The van der Waals surface area contributed by atoms with Gasteiger partial charge < -0.3 is 19.9 Å². The number of hydrogen-bond acceptors (Lipinski definition) is 7. The van der Waals surface area contributed by atoms with Gasteiger partial charge in [-0.25, -0.2) is 18.6 Å². The predicted octanol–water partition coefficient (Wildman–Crippen LogP) is 7.42. The second-order valence-corrected chi connectivity index (χ2v) is 11.7. The zero-order valence-corrected chi connectivity index (χ0v) is 26.1. The fraction of sp³-hybridized carbons (Fsp3) is 0.303. The van der Waals surface area contributed by atoms with E-state index in [1.54, 1.807) is 12.1 Å². The molecule has 44 heavy (non-hydrogen) atoms. The van der Waals surface area contributed by atoms with Crippen molar-refractivity contribution in [1.82, 2.24) is 14.9 Å². The summed E-state index contributed by atoms with van der Waals surface area (Å²) < 4.78 is 35.9. The van der Waals surface area contributed by atoms with Crippen LogP contribution in [0.2, 0.25) is 5.02 Å². The zero-order valence-electron chi connectivity index (χ0n) is 25.4. The van der Waals surface area contributed by atoms with Crippen LogP contribution >= 0.6 is 11.6 Å². The molecule has 3 aromatic carbocycles. The normalized spacial score (nSPS) is 15.3. The van der Waals surface area contributed by atoms with Crippen molar-refractivity contribution < 1.29 is 18.3 Å². The van der Waals surface area contributed by atoms with Crippen LogP contribution in [0, 0.1) is 32.4 Å². The quantitative estimate of drug-likeness (QED) is 0.230. The lowest BCUT2D eigenvalue weighted by Crippen LogP contribution is -2.50. The molecule has 11 heteroatoms. The smallest absolute Gasteiger partial charge is 0.409 e. The maximum Gasteiger partial charge on any atom is 0.421 e. The number of nitrogens with one attached hydrogen (secondary N) is 1. The van der Waals surface area contributed by atoms with Crippen LogP contribution in [0.15, 0.2) is 60.8 Å². The van der Waals surface area contributed by atoms with E-state index in [0.717, 1.165) is 36.3 Å². The van der Waals surface area contributed by atoms with Crippen LogP contribution in [0.25, 0.3) is 0 Å². The zero-order chi connectivity index (χ0) is 31.5. The van der Waals surface area contributed by atoms with Crippen molar-refractivity contribution in [2.45, 2.75) is 40.3 Å². The Balaban J connectivity index is 1.42. The Kier molecular flexibility index (Phi) is 9.31. The van der Waals surface area contributed by atoms with Crippen LogP contribution in [0.1, 0.15) is 29.2 Å². The molecule has 4 aromatic rings. The number of amides is 1. The average Bonchev–Trinajstić information content (AvgIpc) is 2.97. The number of piperazine rings is 1. The largest absolute Gasteiger partial charge is 0.421 e. The summed E-state index contributed by atoms with van der Waals surface area (Å²) in [4.78, 5) is 27.9. The van der Waals surface area contributed by atoms with Gasteiger partial charge in [-0.1, -0.05) is 29.3 Å². The minimum Gasteiger partial charge on any atom is -0.409 e. The summed E-state index contributed by atoms with van der Waals surface area (Å²) in [6.07, 6.45) is 0.693. The van der Waals surface area contributed by atoms with Crippen LogP contribution in [-0.4, -0.2) is 53.7 Å². The number of ether oxygens (including phenoxy) is 1. The summed E-state index contributed by atoms with van der Waals surface area (Å²) in [6, 6.07) is 14.7. The van der Waals surface area contributed by atoms with E-state index in [2.05, 4.69) is 34.2 Å². The van der Waals surface area contributed by atoms with Crippen LogP contribution < -0.4 is 19.9 Å². The number of likely N-dealkylation sites (N-methyl/N-ethyl adjacent to an activating group) is 1. The topological polar surface area (TPSA) is 73.8 Å². The molecule has 0 spiro atoms. The fourth-order valence-electron chi connectivity index (χ4n) is 5.34. The van der Waals surface area contributed by atoms with E-state index in [9.17, 15) is 9.18 Å². The Morgan fingerprint density at radius 2 is 1.80 bits per heavy atom. The first-order valence-electron chi connectivity index (χ1n) is 14.3. The molecule has 0 bridgehead atoms. The third-order valence-electron chi connectivity index (χ3n) is 7.77. The molecule has 1 aliphatic rings.